The monoisotopic (exact) mass is 389 g/mol. The van der Waals surface area contributed by atoms with Crippen molar-refractivity contribution in [1.29, 1.82) is 0 Å². The van der Waals surface area contributed by atoms with Gasteiger partial charge in [0.25, 0.3) is 0 Å². The molecule has 0 fully saturated rings. The van der Waals surface area contributed by atoms with Crippen molar-refractivity contribution in [3.63, 3.8) is 0 Å². The van der Waals surface area contributed by atoms with Crippen molar-refractivity contribution in [1.82, 2.24) is 4.72 Å². The van der Waals surface area contributed by atoms with Gasteiger partial charge in [-0.15, -0.1) is 0 Å². The summed E-state index contributed by atoms with van der Waals surface area (Å²) in [6.45, 7) is 1.83. The first kappa shape index (κ1) is 20.7. The van der Waals surface area contributed by atoms with Crippen molar-refractivity contribution < 1.29 is 23.1 Å². The number of hydrogen-bond acceptors (Lipinski definition) is 4. The first-order chi connectivity index (χ1) is 12.9. The molecule has 0 aliphatic carbocycles. The van der Waals surface area contributed by atoms with Gasteiger partial charge in [-0.2, -0.15) is 4.72 Å². The zero-order valence-corrected chi connectivity index (χ0v) is 15.8. The highest BCUT2D eigenvalue weighted by Gasteiger charge is 2.32. The Bertz CT molecular complexity index is 850. The molecule has 0 spiro atoms. The van der Waals surface area contributed by atoms with Crippen LogP contribution in [0.1, 0.15) is 25.3 Å². The van der Waals surface area contributed by atoms with Crippen molar-refractivity contribution in [2.45, 2.75) is 26.0 Å². The summed E-state index contributed by atoms with van der Waals surface area (Å²) in [6, 6.07) is 17.5. The van der Waals surface area contributed by atoms with Crippen LogP contribution in [-0.4, -0.2) is 25.7 Å². The summed E-state index contributed by atoms with van der Waals surface area (Å²) in [7, 11) is -3.91. The normalized spacial score (nSPS) is 14.0. The third kappa shape index (κ3) is 6.88. The molecule has 0 radical (unpaired) electrons. The van der Waals surface area contributed by atoms with Gasteiger partial charge in [0, 0.05) is 5.41 Å². The van der Waals surface area contributed by atoms with Crippen LogP contribution in [-0.2, 0) is 14.8 Å². The van der Waals surface area contributed by atoms with E-state index in [1.807, 2.05) is 13.0 Å². The maximum absolute atomic E-state index is 12.5. The molecule has 6 nitrogen and oxygen atoms in total. The maximum atomic E-state index is 12.5. The number of nitrogens with one attached hydrogen (secondary N) is 1. The summed E-state index contributed by atoms with van der Waals surface area (Å²) in [4.78, 5) is 11.7. The van der Waals surface area contributed by atoms with Gasteiger partial charge >= 0.3 is 5.97 Å². The largest absolute Gasteiger partial charge is 0.481 e. The second kappa shape index (κ2) is 9.89. The molecular formula is C20H23NO5S. The number of ether oxygens (including phenoxy) is 1. The van der Waals surface area contributed by atoms with E-state index in [0.29, 0.717) is 17.7 Å². The molecule has 0 aliphatic heterocycles. The van der Waals surface area contributed by atoms with Gasteiger partial charge in [0.15, 0.2) is 6.23 Å². The smallest absolute Gasteiger partial charge is 0.311 e. The van der Waals surface area contributed by atoms with E-state index in [9.17, 15) is 18.3 Å². The molecule has 0 heterocycles. The molecule has 2 rings (SSSR count). The van der Waals surface area contributed by atoms with Crippen LogP contribution in [0.3, 0.4) is 0 Å². The topological polar surface area (TPSA) is 92.7 Å². The maximum Gasteiger partial charge on any atom is 0.311 e. The Morgan fingerprint density at radius 3 is 2.26 bits per heavy atom. The minimum absolute atomic E-state index is 0.276. The van der Waals surface area contributed by atoms with Crippen LogP contribution in [0.5, 0.6) is 5.75 Å². The van der Waals surface area contributed by atoms with Crippen molar-refractivity contribution in [3.05, 3.63) is 71.6 Å². The van der Waals surface area contributed by atoms with Gasteiger partial charge in [-0.25, -0.2) is 8.42 Å². The Morgan fingerprint density at radius 1 is 1.11 bits per heavy atom. The quantitative estimate of drug-likeness (QED) is 0.607. The number of carboxylic acids is 1. The zero-order chi connectivity index (χ0) is 19.7. The molecule has 0 aromatic heterocycles. The molecule has 144 valence electrons. The molecule has 7 heteroatoms. The van der Waals surface area contributed by atoms with Gasteiger partial charge in [-0.05, 0) is 30.2 Å². The molecule has 2 aromatic carbocycles. The molecule has 0 amide bonds. The van der Waals surface area contributed by atoms with Crippen molar-refractivity contribution in [2.24, 2.45) is 5.92 Å². The van der Waals surface area contributed by atoms with E-state index in [-0.39, 0.29) is 6.42 Å². The van der Waals surface area contributed by atoms with Crippen LogP contribution in [0.4, 0.5) is 0 Å². The predicted octanol–water partition coefficient (Wildman–Crippen LogP) is 3.48. The zero-order valence-electron chi connectivity index (χ0n) is 15.0. The molecule has 2 unspecified atom stereocenters. The minimum atomic E-state index is -3.91. The third-order valence-electron chi connectivity index (χ3n) is 3.81. The average molecular weight is 389 g/mol. The molecule has 27 heavy (non-hydrogen) atoms. The highest BCUT2D eigenvalue weighted by Crippen LogP contribution is 2.19. The van der Waals surface area contributed by atoms with Gasteiger partial charge in [-0.3, -0.25) is 4.79 Å². The van der Waals surface area contributed by atoms with E-state index in [2.05, 4.69) is 4.72 Å². The molecule has 0 saturated heterocycles. The lowest BCUT2D eigenvalue weighted by Gasteiger charge is -2.25. The van der Waals surface area contributed by atoms with Crippen molar-refractivity contribution in [2.75, 3.05) is 0 Å². The minimum Gasteiger partial charge on any atom is -0.481 e. The second-order valence-corrected chi connectivity index (χ2v) is 7.56. The van der Waals surface area contributed by atoms with Crippen LogP contribution in [0.25, 0.3) is 6.08 Å². The van der Waals surface area contributed by atoms with E-state index >= 15 is 0 Å². The Labute approximate surface area is 159 Å². The van der Waals surface area contributed by atoms with Gasteiger partial charge in [0.05, 0.1) is 0 Å². The van der Waals surface area contributed by atoms with Crippen LogP contribution in [0.15, 0.2) is 66.1 Å². The van der Waals surface area contributed by atoms with Crippen molar-refractivity contribution in [3.8, 4) is 5.75 Å². The summed E-state index contributed by atoms with van der Waals surface area (Å²) in [6.07, 6.45) is 1.07. The summed E-state index contributed by atoms with van der Waals surface area (Å²) in [5.41, 5.74) is 0.715. The number of sulfonamides is 1. The molecule has 0 bridgehead atoms. The standard InChI is InChI=1S/C20H23NO5S/c1-2-9-18(20(22)23)19(26-17-12-7-4-8-13-17)21-27(24,25)15-14-16-10-5-3-6-11-16/h3-8,10-15,18-19,21H,2,9H2,1H3,(H,22,23)/b15-14+. The van der Waals surface area contributed by atoms with Gasteiger partial charge in [-0.1, -0.05) is 61.9 Å². The van der Waals surface area contributed by atoms with Gasteiger partial charge in [0.2, 0.25) is 10.0 Å². The average Bonchev–Trinajstić information content (AvgIpc) is 2.65. The Morgan fingerprint density at radius 2 is 1.70 bits per heavy atom. The highest BCUT2D eigenvalue weighted by molar-refractivity contribution is 7.92. The Balaban J connectivity index is 2.23. The third-order valence-corrected chi connectivity index (χ3v) is 4.86. The summed E-state index contributed by atoms with van der Waals surface area (Å²) < 4.78 is 33.0. The molecule has 2 atom stereocenters. The lowest BCUT2D eigenvalue weighted by Crippen LogP contribution is -2.46. The molecule has 2 aromatic rings. The summed E-state index contributed by atoms with van der Waals surface area (Å²) in [5.74, 6) is -1.75. The number of carboxylic acid groups (broad SMARTS) is 1. The predicted molar refractivity (Wildman–Crippen MR) is 104 cm³/mol. The van der Waals surface area contributed by atoms with E-state index in [4.69, 9.17) is 4.74 Å². The van der Waals surface area contributed by atoms with Gasteiger partial charge < -0.3 is 9.84 Å². The number of aliphatic carboxylic acids is 1. The van der Waals surface area contributed by atoms with E-state index in [1.165, 1.54) is 6.08 Å². The number of rotatable bonds is 10. The van der Waals surface area contributed by atoms with Crippen LogP contribution in [0, 0.1) is 5.92 Å². The van der Waals surface area contributed by atoms with Crippen LogP contribution in [0.2, 0.25) is 0 Å². The molecule has 0 aliphatic rings. The molecular weight excluding hydrogens is 366 g/mol. The Kier molecular flexibility index (Phi) is 7.57. The molecule has 2 N–H and O–H groups in total. The highest BCUT2D eigenvalue weighted by atomic mass is 32.2. The number of para-hydroxylation sites is 1. The number of hydrogen-bond donors (Lipinski definition) is 2. The fourth-order valence-corrected chi connectivity index (χ4v) is 3.43. The van der Waals surface area contributed by atoms with Crippen LogP contribution >= 0.6 is 0 Å². The number of carbonyl (C=O) groups is 1. The first-order valence-corrected chi connectivity index (χ1v) is 10.2. The fourth-order valence-electron chi connectivity index (χ4n) is 2.48. The lowest BCUT2D eigenvalue weighted by atomic mass is 10.0. The van der Waals surface area contributed by atoms with Crippen LogP contribution < -0.4 is 9.46 Å². The first-order valence-electron chi connectivity index (χ1n) is 8.61. The second-order valence-electron chi connectivity index (χ2n) is 5.96. The Hall–Kier alpha value is -2.64. The molecule has 0 saturated carbocycles. The SMILES string of the molecule is CCCC(C(=O)O)C(NS(=O)(=O)/C=C/c1ccccc1)Oc1ccccc1. The van der Waals surface area contributed by atoms with Crippen molar-refractivity contribution >= 4 is 22.1 Å². The summed E-state index contributed by atoms with van der Waals surface area (Å²) >= 11 is 0. The van der Waals surface area contributed by atoms with E-state index in [0.717, 1.165) is 5.41 Å². The summed E-state index contributed by atoms with van der Waals surface area (Å²) in [5, 5.41) is 10.5. The fraction of sp³-hybridized carbons (Fsp3) is 0.250. The van der Waals surface area contributed by atoms with Gasteiger partial charge in [0.1, 0.15) is 11.7 Å². The van der Waals surface area contributed by atoms with E-state index < -0.39 is 28.1 Å². The lowest BCUT2D eigenvalue weighted by molar-refractivity contribution is -0.145. The number of benzene rings is 2. The van der Waals surface area contributed by atoms with E-state index in [1.54, 1.807) is 54.6 Å².